The molecule has 0 unspecified atom stereocenters. The second-order valence-electron chi connectivity index (χ2n) is 8.74. The van der Waals surface area contributed by atoms with Gasteiger partial charge in [0, 0.05) is 42.2 Å². The van der Waals surface area contributed by atoms with E-state index in [1.54, 1.807) is 12.3 Å². The molecule has 2 amide bonds. The zero-order chi connectivity index (χ0) is 23.4. The fraction of sp³-hybridized carbons (Fsp3) is 0.261. The van der Waals surface area contributed by atoms with Crippen molar-refractivity contribution in [3.8, 4) is 11.3 Å². The Morgan fingerprint density at radius 2 is 2.03 bits per heavy atom. The summed E-state index contributed by atoms with van der Waals surface area (Å²) >= 11 is 0. The number of pyridine rings is 1. The fourth-order valence-corrected chi connectivity index (χ4v) is 4.16. The number of nitrogens with two attached hydrogens (primary N) is 1. The van der Waals surface area contributed by atoms with Gasteiger partial charge in [0.1, 0.15) is 23.6 Å². The largest absolute Gasteiger partial charge is 0.383 e. The molecule has 0 aliphatic heterocycles. The summed E-state index contributed by atoms with van der Waals surface area (Å²) in [5, 5.41) is 10.2. The molecule has 1 saturated carbocycles. The Morgan fingerprint density at radius 1 is 1.18 bits per heavy atom. The number of anilines is 3. The summed E-state index contributed by atoms with van der Waals surface area (Å²) in [6.45, 7) is 3.98. The summed E-state index contributed by atoms with van der Waals surface area (Å²) < 4.78 is 9.33. The first-order valence-corrected chi connectivity index (χ1v) is 11.1. The normalized spacial score (nSPS) is 13.7. The van der Waals surface area contributed by atoms with Crippen molar-refractivity contribution in [1.82, 2.24) is 29.1 Å². The molecule has 1 aliphatic carbocycles. The number of fused-ring (bicyclic) bond motifs is 2. The lowest BCUT2D eigenvalue weighted by atomic mass is 10.1. The molecule has 4 N–H and O–H groups in total. The van der Waals surface area contributed by atoms with Crippen LogP contribution in [0.5, 0.6) is 0 Å². The number of rotatable bonds is 5. The van der Waals surface area contributed by atoms with Crippen LogP contribution in [0.2, 0.25) is 0 Å². The molecule has 34 heavy (non-hydrogen) atoms. The number of amides is 2. The van der Waals surface area contributed by atoms with Gasteiger partial charge in [0.2, 0.25) is 0 Å². The molecular formula is C23H23N9O2. The Bertz CT molecular complexity index is 1540. The number of hydrogen-bond acceptors (Lipinski definition) is 7. The van der Waals surface area contributed by atoms with E-state index in [4.69, 9.17) is 10.3 Å². The van der Waals surface area contributed by atoms with Crippen molar-refractivity contribution in [2.75, 3.05) is 16.4 Å². The number of urea groups is 1. The van der Waals surface area contributed by atoms with E-state index in [1.807, 2.05) is 36.6 Å². The van der Waals surface area contributed by atoms with E-state index in [9.17, 15) is 4.79 Å². The summed E-state index contributed by atoms with van der Waals surface area (Å²) in [4.78, 5) is 25.8. The molecule has 0 bridgehead atoms. The number of nitrogen functional groups attached to an aromatic ring is 1. The molecule has 5 heterocycles. The van der Waals surface area contributed by atoms with Crippen molar-refractivity contribution in [2.24, 2.45) is 0 Å². The standard InChI is InChI=1S/C23H23N9O2/c1-12(2)17-9-18(30-34-17)29-23(33)28-15-5-6-16(31-8-7-25-21(15)31)14-10-32(13-3-4-13)22-19(14)20(24)26-11-27-22/h5-13H,3-4H2,1-2H3,(H2,24,26,27)(H2,28,29,30,33). The van der Waals surface area contributed by atoms with Crippen LogP contribution in [0.4, 0.5) is 22.1 Å². The van der Waals surface area contributed by atoms with Gasteiger partial charge in [-0.3, -0.25) is 9.72 Å². The van der Waals surface area contributed by atoms with Crippen molar-refractivity contribution >= 4 is 40.0 Å². The van der Waals surface area contributed by atoms with Gasteiger partial charge in [-0.25, -0.2) is 19.7 Å². The van der Waals surface area contributed by atoms with Gasteiger partial charge in [-0.2, -0.15) is 0 Å². The van der Waals surface area contributed by atoms with Crippen LogP contribution in [0, 0.1) is 0 Å². The number of aromatic nitrogens is 6. The summed E-state index contributed by atoms with van der Waals surface area (Å²) in [6.07, 6.45) is 9.36. The number of imidazole rings is 1. The molecule has 1 aliphatic rings. The lowest BCUT2D eigenvalue weighted by Gasteiger charge is -2.10. The smallest absolute Gasteiger partial charge is 0.325 e. The predicted molar refractivity (Wildman–Crippen MR) is 128 cm³/mol. The van der Waals surface area contributed by atoms with E-state index >= 15 is 0 Å². The lowest BCUT2D eigenvalue weighted by Crippen LogP contribution is -2.20. The van der Waals surface area contributed by atoms with Gasteiger partial charge in [-0.05, 0) is 25.0 Å². The topological polar surface area (TPSA) is 141 Å². The van der Waals surface area contributed by atoms with Crippen LogP contribution in [0.1, 0.15) is 44.4 Å². The highest BCUT2D eigenvalue weighted by atomic mass is 16.5. The van der Waals surface area contributed by atoms with Crippen LogP contribution in [0.3, 0.4) is 0 Å². The highest BCUT2D eigenvalue weighted by Gasteiger charge is 2.28. The Labute approximate surface area is 194 Å². The minimum Gasteiger partial charge on any atom is -0.383 e. The van der Waals surface area contributed by atoms with Gasteiger partial charge in [-0.1, -0.05) is 19.0 Å². The molecule has 6 rings (SSSR count). The van der Waals surface area contributed by atoms with Gasteiger partial charge in [0.25, 0.3) is 0 Å². The van der Waals surface area contributed by atoms with Crippen molar-refractivity contribution in [3.63, 3.8) is 0 Å². The SMILES string of the molecule is CC(C)c1cc(NC(=O)Nc2ccc(-c3cn(C4CC4)c4ncnc(N)c34)n3ccnc23)no1. The Balaban J connectivity index is 1.35. The monoisotopic (exact) mass is 457 g/mol. The third-order valence-electron chi connectivity index (χ3n) is 5.99. The molecule has 0 spiro atoms. The molecule has 5 aromatic heterocycles. The molecule has 11 heteroatoms. The second kappa shape index (κ2) is 7.58. The molecule has 0 saturated heterocycles. The van der Waals surface area contributed by atoms with Crippen molar-refractivity contribution in [2.45, 2.75) is 38.6 Å². The predicted octanol–water partition coefficient (Wildman–Crippen LogP) is 4.42. The Kier molecular flexibility index (Phi) is 4.51. The summed E-state index contributed by atoms with van der Waals surface area (Å²) in [7, 11) is 0. The summed E-state index contributed by atoms with van der Waals surface area (Å²) in [6, 6.07) is 5.45. The van der Waals surface area contributed by atoms with E-state index in [-0.39, 0.29) is 5.92 Å². The zero-order valence-corrected chi connectivity index (χ0v) is 18.7. The number of carbonyl (C=O) groups is 1. The quantitative estimate of drug-likeness (QED) is 0.355. The highest BCUT2D eigenvalue weighted by molar-refractivity contribution is 6.03. The Hall–Kier alpha value is -4.41. The maximum absolute atomic E-state index is 12.6. The third-order valence-corrected chi connectivity index (χ3v) is 5.99. The van der Waals surface area contributed by atoms with Crippen LogP contribution in [0.15, 0.2) is 47.6 Å². The molecule has 11 nitrogen and oxygen atoms in total. The lowest BCUT2D eigenvalue weighted by molar-refractivity contribution is 0.262. The van der Waals surface area contributed by atoms with Gasteiger partial charge in [0.05, 0.1) is 16.8 Å². The second-order valence-corrected chi connectivity index (χ2v) is 8.74. The molecule has 172 valence electrons. The third kappa shape index (κ3) is 3.33. The molecule has 1 fully saturated rings. The van der Waals surface area contributed by atoms with E-state index in [0.29, 0.717) is 34.8 Å². The van der Waals surface area contributed by atoms with Gasteiger partial charge >= 0.3 is 6.03 Å². The van der Waals surface area contributed by atoms with Crippen LogP contribution in [0.25, 0.3) is 27.9 Å². The zero-order valence-electron chi connectivity index (χ0n) is 18.7. The molecule has 0 radical (unpaired) electrons. The molecule has 0 aromatic carbocycles. The first kappa shape index (κ1) is 20.2. The van der Waals surface area contributed by atoms with Gasteiger partial charge in [-0.15, -0.1) is 0 Å². The van der Waals surface area contributed by atoms with E-state index in [1.165, 1.54) is 6.33 Å². The van der Waals surface area contributed by atoms with Crippen LogP contribution in [-0.4, -0.2) is 35.1 Å². The maximum Gasteiger partial charge on any atom is 0.325 e. The van der Waals surface area contributed by atoms with Crippen LogP contribution >= 0.6 is 0 Å². The van der Waals surface area contributed by atoms with Crippen molar-refractivity contribution < 1.29 is 9.32 Å². The van der Waals surface area contributed by atoms with Crippen LogP contribution in [-0.2, 0) is 0 Å². The average molecular weight is 457 g/mol. The fourth-order valence-electron chi connectivity index (χ4n) is 4.16. The van der Waals surface area contributed by atoms with Crippen molar-refractivity contribution in [3.05, 3.63) is 48.9 Å². The summed E-state index contributed by atoms with van der Waals surface area (Å²) in [5.74, 6) is 1.65. The minimum absolute atomic E-state index is 0.175. The summed E-state index contributed by atoms with van der Waals surface area (Å²) in [5.41, 5.74) is 10.0. The minimum atomic E-state index is -0.441. The van der Waals surface area contributed by atoms with E-state index < -0.39 is 6.03 Å². The molecule has 5 aromatic rings. The Morgan fingerprint density at radius 3 is 2.79 bits per heavy atom. The van der Waals surface area contributed by atoms with Crippen LogP contribution < -0.4 is 16.4 Å². The van der Waals surface area contributed by atoms with Crippen molar-refractivity contribution in [1.29, 1.82) is 0 Å². The average Bonchev–Trinajstić information content (AvgIpc) is 3.21. The van der Waals surface area contributed by atoms with Gasteiger partial charge < -0.3 is 20.1 Å². The number of carbonyl (C=O) groups excluding carboxylic acids is 1. The number of nitrogens with one attached hydrogen (secondary N) is 2. The first-order valence-electron chi connectivity index (χ1n) is 11.1. The molecular weight excluding hydrogens is 434 g/mol. The van der Waals surface area contributed by atoms with E-state index in [0.717, 1.165) is 35.1 Å². The highest BCUT2D eigenvalue weighted by Crippen LogP contribution is 2.42. The van der Waals surface area contributed by atoms with E-state index in [2.05, 4.69) is 41.5 Å². The molecule has 0 atom stereocenters. The van der Waals surface area contributed by atoms with Gasteiger partial charge in [0.15, 0.2) is 11.5 Å². The first-order chi connectivity index (χ1) is 16.5. The number of hydrogen-bond donors (Lipinski definition) is 3. The number of nitrogens with zero attached hydrogens (tertiary/aromatic N) is 6. The maximum atomic E-state index is 12.6.